The Bertz CT molecular complexity index is 849. The van der Waals surface area contributed by atoms with Gasteiger partial charge in [0.1, 0.15) is 0 Å². The van der Waals surface area contributed by atoms with Crippen molar-refractivity contribution in [2.75, 3.05) is 18.4 Å². The monoisotopic (exact) mass is 382 g/mol. The van der Waals surface area contributed by atoms with Crippen molar-refractivity contribution in [1.29, 1.82) is 0 Å². The lowest BCUT2D eigenvalue weighted by atomic mass is 9.95. The van der Waals surface area contributed by atoms with E-state index in [0.717, 1.165) is 30.0 Å². The first-order chi connectivity index (χ1) is 13.6. The molecule has 1 aliphatic heterocycles. The molecule has 0 radical (unpaired) electrons. The Hall–Kier alpha value is -2.70. The number of nitrogens with zero attached hydrogens (tertiary/aromatic N) is 3. The highest BCUT2D eigenvalue weighted by Crippen LogP contribution is 2.34. The van der Waals surface area contributed by atoms with E-state index in [4.69, 9.17) is 4.52 Å². The molecule has 2 aliphatic rings. The summed E-state index contributed by atoms with van der Waals surface area (Å²) in [6, 6.07) is 7.55. The molecule has 0 spiro atoms. The van der Waals surface area contributed by atoms with Crippen molar-refractivity contribution < 1.29 is 14.1 Å². The predicted molar refractivity (Wildman–Crippen MR) is 105 cm³/mol. The lowest BCUT2D eigenvalue weighted by molar-refractivity contribution is -0.132. The Kier molecular flexibility index (Phi) is 5.41. The van der Waals surface area contributed by atoms with Crippen molar-refractivity contribution in [2.24, 2.45) is 5.92 Å². The molecule has 1 aromatic heterocycles. The Balaban J connectivity index is 1.40. The molecule has 7 heteroatoms. The highest BCUT2D eigenvalue weighted by molar-refractivity contribution is 5.93. The van der Waals surface area contributed by atoms with Crippen molar-refractivity contribution in [1.82, 2.24) is 15.0 Å². The number of aromatic nitrogens is 2. The number of likely N-dealkylation sites (tertiary alicyclic amines) is 1. The highest BCUT2D eigenvalue weighted by Gasteiger charge is 2.26. The highest BCUT2D eigenvalue weighted by atomic mass is 16.5. The number of rotatable bonds is 4. The van der Waals surface area contributed by atoms with E-state index in [1.807, 2.05) is 24.3 Å². The van der Waals surface area contributed by atoms with Crippen molar-refractivity contribution in [3.63, 3.8) is 0 Å². The van der Waals surface area contributed by atoms with Gasteiger partial charge in [-0.25, -0.2) is 0 Å². The molecule has 1 N–H and O–H groups in total. The van der Waals surface area contributed by atoms with Crippen LogP contribution in [-0.2, 0) is 9.59 Å². The van der Waals surface area contributed by atoms with Crippen molar-refractivity contribution in [3.05, 3.63) is 30.2 Å². The Labute approximate surface area is 164 Å². The molecule has 1 saturated carbocycles. The fourth-order valence-corrected chi connectivity index (χ4v) is 4.13. The number of benzene rings is 1. The fourth-order valence-electron chi connectivity index (χ4n) is 4.13. The predicted octanol–water partition coefficient (Wildman–Crippen LogP) is 3.59. The lowest BCUT2D eigenvalue weighted by Gasteiger charge is -2.30. The van der Waals surface area contributed by atoms with Crippen LogP contribution >= 0.6 is 0 Å². The second kappa shape index (κ2) is 8.12. The average molecular weight is 382 g/mol. The zero-order valence-electron chi connectivity index (χ0n) is 16.2. The van der Waals surface area contributed by atoms with Crippen LogP contribution in [0.2, 0.25) is 0 Å². The van der Waals surface area contributed by atoms with E-state index in [9.17, 15) is 9.59 Å². The summed E-state index contributed by atoms with van der Waals surface area (Å²) < 4.78 is 5.47. The van der Waals surface area contributed by atoms with Gasteiger partial charge >= 0.3 is 0 Å². The molecule has 2 fully saturated rings. The maximum absolute atomic E-state index is 12.6. The molecule has 1 aliphatic carbocycles. The molecule has 1 aromatic carbocycles. The number of piperidine rings is 1. The molecule has 0 bridgehead atoms. The van der Waals surface area contributed by atoms with Gasteiger partial charge in [-0.3, -0.25) is 9.59 Å². The smallest absolute Gasteiger partial charge is 0.230 e. The molecule has 0 unspecified atom stereocenters. The van der Waals surface area contributed by atoms with Crippen molar-refractivity contribution in [2.45, 2.75) is 51.4 Å². The van der Waals surface area contributed by atoms with E-state index in [0.29, 0.717) is 37.7 Å². The Morgan fingerprint density at radius 1 is 1.14 bits per heavy atom. The summed E-state index contributed by atoms with van der Waals surface area (Å²) in [6.07, 6.45) is 6.05. The zero-order valence-corrected chi connectivity index (χ0v) is 16.2. The van der Waals surface area contributed by atoms with Gasteiger partial charge in [-0.1, -0.05) is 30.1 Å². The molecule has 0 atom stereocenters. The van der Waals surface area contributed by atoms with Gasteiger partial charge in [-0.2, -0.15) is 4.98 Å². The van der Waals surface area contributed by atoms with Crippen LogP contribution in [0.15, 0.2) is 28.8 Å². The number of anilines is 1. The Morgan fingerprint density at radius 3 is 2.61 bits per heavy atom. The van der Waals surface area contributed by atoms with Gasteiger partial charge < -0.3 is 14.7 Å². The van der Waals surface area contributed by atoms with E-state index in [2.05, 4.69) is 15.5 Å². The minimum atomic E-state index is -0.0709. The topological polar surface area (TPSA) is 88.3 Å². The lowest BCUT2D eigenvalue weighted by Crippen LogP contribution is -2.40. The standard InChI is InChI=1S/C21H26N4O3/c1-14(26)25-11-9-15(10-12-25)20(27)22-18-8-4-7-17(13-18)19-23-21(28-24-19)16-5-2-3-6-16/h4,7-8,13,15-16H,2-3,5-6,9-12H2,1H3,(H,22,27). The first-order valence-electron chi connectivity index (χ1n) is 10.1. The summed E-state index contributed by atoms with van der Waals surface area (Å²) in [5, 5.41) is 7.13. The average Bonchev–Trinajstić information content (AvgIpc) is 3.40. The molecule has 7 nitrogen and oxygen atoms in total. The SMILES string of the molecule is CC(=O)N1CCC(C(=O)Nc2cccc(-c3noc(C4CCCC4)n3)c2)CC1. The summed E-state index contributed by atoms with van der Waals surface area (Å²) in [5.41, 5.74) is 1.56. The fraction of sp³-hybridized carbons (Fsp3) is 0.524. The summed E-state index contributed by atoms with van der Waals surface area (Å²) in [7, 11) is 0. The molecular formula is C21H26N4O3. The Morgan fingerprint density at radius 2 is 1.89 bits per heavy atom. The van der Waals surface area contributed by atoms with Gasteiger partial charge in [0.2, 0.25) is 23.5 Å². The minimum absolute atomic E-state index is 0.000101. The van der Waals surface area contributed by atoms with E-state index in [1.165, 1.54) is 12.8 Å². The van der Waals surface area contributed by atoms with Crippen LogP contribution in [0.3, 0.4) is 0 Å². The van der Waals surface area contributed by atoms with Gasteiger partial charge in [-0.05, 0) is 37.8 Å². The summed E-state index contributed by atoms with van der Waals surface area (Å²) in [4.78, 5) is 30.4. The maximum atomic E-state index is 12.6. The van der Waals surface area contributed by atoms with Crippen molar-refractivity contribution in [3.8, 4) is 11.4 Å². The number of hydrogen-bond donors (Lipinski definition) is 1. The summed E-state index contributed by atoms with van der Waals surface area (Å²) in [6.45, 7) is 2.85. The minimum Gasteiger partial charge on any atom is -0.343 e. The summed E-state index contributed by atoms with van der Waals surface area (Å²) in [5.74, 6) is 1.67. The van der Waals surface area contributed by atoms with Crippen LogP contribution in [0.1, 0.15) is 57.3 Å². The van der Waals surface area contributed by atoms with Crippen LogP contribution < -0.4 is 5.32 Å². The first-order valence-corrected chi connectivity index (χ1v) is 10.1. The number of carbonyl (C=O) groups excluding carboxylic acids is 2. The van der Waals surface area contributed by atoms with Crippen molar-refractivity contribution >= 4 is 17.5 Å². The zero-order chi connectivity index (χ0) is 19.5. The van der Waals surface area contributed by atoms with Crippen LogP contribution in [0.5, 0.6) is 0 Å². The quantitative estimate of drug-likeness (QED) is 0.873. The molecule has 2 aromatic rings. The number of amides is 2. The number of hydrogen-bond acceptors (Lipinski definition) is 5. The van der Waals surface area contributed by atoms with Gasteiger partial charge in [0.25, 0.3) is 0 Å². The molecule has 2 heterocycles. The molecule has 4 rings (SSSR count). The van der Waals surface area contributed by atoms with Gasteiger partial charge in [-0.15, -0.1) is 0 Å². The van der Waals surface area contributed by atoms with E-state index >= 15 is 0 Å². The molecule has 28 heavy (non-hydrogen) atoms. The normalized spacial score (nSPS) is 18.4. The van der Waals surface area contributed by atoms with Gasteiger partial charge in [0.15, 0.2) is 0 Å². The number of carbonyl (C=O) groups is 2. The van der Waals surface area contributed by atoms with Crippen LogP contribution in [0, 0.1) is 5.92 Å². The van der Waals surface area contributed by atoms with Crippen LogP contribution in [0.25, 0.3) is 11.4 Å². The van der Waals surface area contributed by atoms with E-state index in [-0.39, 0.29) is 17.7 Å². The van der Waals surface area contributed by atoms with Gasteiger partial charge in [0, 0.05) is 43.1 Å². The second-order valence-electron chi connectivity index (χ2n) is 7.79. The molecule has 1 saturated heterocycles. The molecule has 148 valence electrons. The summed E-state index contributed by atoms with van der Waals surface area (Å²) >= 11 is 0. The third kappa shape index (κ3) is 4.08. The number of nitrogens with one attached hydrogen (secondary N) is 1. The van der Waals surface area contributed by atoms with E-state index < -0.39 is 0 Å². The van der Waals surface area contributed by atoms with Crippen LogP contribution in [-0.4, -0.2) is 39.9 Å². The third-order valence-electron chi connectivity index (χ3n) is 5.85. The molecular weight excluding hydrogens is 356 g/mol. The second-order valence-corrected chi connectivity index (χ2v) is 7.79. The van der Waals surface area contributed by atoms with Crippen LogP contribution in [0.4, 0.5) is 5.69 Å². The van der Waals surface area contributed by atoms with Gasteiger partial charge in [0.05, 0.1) is 0 Å². The maximum Gasteiger partial charge on any atom is 0.230 e. The first kappa shape index (κ1) is 18.7. The largest absolute Gasteiger partial charge is 0.343 e. The van der Waals surface area contributed by atoms with E-state index in [1.54, 1.807) is 11.8 Å². The third-order valence-corrected chi connectivity index (χ3v) is 5.85. The molecule has 2 amide bonds.